The molecule has 6 aromatic heterocycles. The number of nitrogens with zero attached hydrogens (tertiary/aromatic N) is 9. The zero-order valence-corrected chi connectivity index (χ0v) is 36.7. The molecule has 0 spiro atoms. The van der Waals surface area contributed by atoms with Crippen LogP contribution in [0.1, 0.15) is 86.8 Å². The summed E-state index contributed by atoms with van der Waals surface area (Å²) in [5.74, 6) is -1.35. The van der Waals surface area contributed by atoms with Gasteiger partial charge in [-0.05, 0) is 135 Å². The molecule has 2 saturated heterocycles. The van der Waals surface area contributed by atoms with Gasteiger partial charge in [0.1, 0.15) is 17.5 Å². The molecule has 6 N–H and O–H groups in total. The van der Waals surface area contributed by atoms with Crippen LogP contribution in [-0.2, 0) is 13.1 Å². The number of benzene rings is 2. The number of amides is 3. The van der Waals surface area contributed by atoms with Gasteiger partial charge in [-0.15, -0.1) is 0 Å². The Labute approximate surface area is 385 Å². The van der Waals surface area contributed by atoms with E-state index in [1.165, 1.54) is 68.1 Å². The molecule has 17 nitrogen and oxygen atoms in total. The minimum atomic E-state index is -0.627. The Morgan fingerprint density at radius 2 is 1.07 bits per heavy atom. The first kappa shape index (κ1) is 44.0. The Morgan fingerprint density at radius 3 is 1.51 bits per heavy atom. The Bertz CT molecular complexity index is 3090. The van der Waals surface area contributed by atoms with Gasteiger partial charge in [0.2, 0.25) is 0 Å². The Morgan fingerprint density at radius 1 is 0.582 bits per heavy atom. The van der Waals surface area contributed by atoms with Crippen LogP contribution in [0.15, 0.2) is 110 Å². The van der Waals surface area contributed by atoms with E-state index in [2.05, 4.69) is 72.9 Å². The molecule has 8 aromatic rings. The number of nitrogens with two attached hydrogens (primary N) is 1. The van der Waals surface area contributed by atoms with Crippen LogP contribution in [0.4, 0.5) is 11.4 Å². The number of aromatic nitrogens is 8. The number of fused-ring (bicyclic) bond motifs is 2. The van der Waals surface area contributed by atoms with Crippen LogP contribution in [0.2, 0.25) is 0 Å². The average molecular weight is 893 g/mol. The highest BCUT2D eigenvalue weighted by atomic mass is 16.2. The fraction of sp³-hybridized carbons (Fsp3) is 0.240. The van der Waals surface area contributed by atoms with Crippen molar-refractivity contribution in [1.29, 1.82) is 5.26 Å². The van der Waals surface area contributed by atoms with E-state index < -0.39 is 5.91 Å². The molecule has 336 valence electrons. The predicted octanol–water partition coefficient (Wildman–Crippen LogP) is 7.49. The Kier molecular flexibility index (Phi) is 13.4. The van der Waals surface area contributed by atoms with E-state index in [9.17, 15) is 14.4 Å². The maximum atomic E-state index is 12.9. The van der Waals surface area contributed by atoms with Crippen molar-refractivity contribution >= 4 is 50.9 Å². The maximum absolute atomic E-state index is 12.9. The van der Waals surface area contributed by atoms with Gasteiger partial charge < -0.3 is 16.4 Å². The molecule has 2 aliphatic rings. The second-order valence-electron chi connectivity index (χ2n) is 16.8. The third-order valence-electron chi connectivity index (χ3n) is 11.9. The molecule has 67 heavy (non-hydrogen) atoms. The van der Waals surface area contributed by atoms with Crippen molar-refractivity contribution in [3.8, 4) is 28.3 Å². The monoisotopic (exact) mass is 892 g/mol. The van der Waals surface area contributed by atoms with Gasteiger partial charge >= 0.3 is 0 Å². The van der Waals surface area contributed by atoms with Gasteiger partial charge in [-0.2, -0.15) is 15.5 Å². The minimum Gasteiger partial charge on any atom is -0.364 e. The molecule has 0 bridgehead atoms. The van der Waals surface area contributed by atoms with Gasteiger partial charge in [0.05, 0.1) is 34.8 Å². The number of anilines is 2. The first-order valence-electron chi connectivity index (χ1n) is 22.3. The molecule has 0 aliphatic carbocycles. The van der Waals surface area contributed by atoms with Crippen molar-refractivity contribution < 1.29 is 14.4 Å². The lowest BCUT2D eigenvalue weighted by atomic mass is 10.0. The van der Waals surface area contributed by atoms with E-state index in [0.29, 0.717) is 28.1 Å². The molecule has 0 atom stereocenters. The quantitative estimate of drug-likeness (QED) is 0.0849. The summed E-state index contributed by atoms with van der Waals surface area (Å²) in [6.45, 7) is 6.33. The van der Waals surface area contributed by atoms with Crippen LogP contribution >= 0.6 is 0 Å². The summed E-state index contributed by atoms with van der Waals surface area (Å²) in [5.41, 5.74) is 15.0. The average Bonchev–Trinajstić information content (AvgIpc) is 4.00. The number of nitrogens with one attached hydrogen (secondary N) is 4. The van der Waals surface area contributed by atoms with E-state index in [-0.39, 0.29) is 23.2 Å². The number of hydrogen-bond donors (Lipinski definition) is 5. The number of piperidine rings is 2. The lowest BCUT2D eigenvalue weighted by molar-refractivity contribution is 0.0992. The Hall–Kier alpha value is -8.20. The van der Waals surface area contributed by atoms with Crippen LogP contribution in [0.5, 0.6) is 0 Å². The molecule has 2 aromatic carbocycles. The van der Waals surface area contributed by atoms with Gasteiger partial charge in [-0.1, -0.05) is 25.0 Å². The highest BCUT2D eigenvalue weighted by molar-refractivity contribution is 6.12. The normalized spacial score (nSPS) is 14.2. The summed E-state index contributed by atoms with van der Waals surface area (Å²) in [7, 11) is 0. The number of rotatable bonds is 11. The number of carbonyl (C=O) groups excluding carboxylic acids is 3. The molecule has 0 radical (unpaired) electrons. The molecular weight excluding hydrogens is 845 g/mol. The highest BCUT2D eigenvalue weighted by Gasteiger charge is 2.19. The van der Waals surface area contributed by atoms with Crippen LogP contribution in [0.25, 0.3) is 44.1 Å². The second-order valence-corrected chi connectivity index (χ2v) is 16.8. The molecule has 17 heteroatoms. The van der Waals surface area contributed by atoms with Crippen LogP contribution < -0.4 is 16.4 Å². The molecule has 2 aliphatic heterocycles. The number of aromatic amines is 2. The van der Waals surface area contributed by atoms with Crippen molar-refractivity contribution in [1.82, 2.24) is 50.1 Å². The van der Waals surface area contributed by atoms with Crippen molar-refractivity contribution in [2.24, 2.45) is 5.73 Å². The largest absolute Gasteiger partial charge is 0.364 e. The predicted molar refractivity (Wildman–Crippen MR) is 255 cm³/mol. The second kappa shape index (κ2) is 20.3. The van der Waals surface area contributed by atoms with Crippen molar-refractivity contribution in [3.05, 3.63) is 144 Å². The smallest absolute Gasteiger partial charge is 0.276 e. The highest BCUT2D eigenvalue weighted by Crippen LogP contribution is 2.29. The van der Waals surface area contributed by atoms with E-state index in [1.54, 1.807) is 18.2 Å². The number of carbonyl (C=O) groups is 3. The van der Waals surface area contributed by atoms with Gasteiger partial charge in [0.25, 0.3) is 17.7 Å². The molecule has 0 saturated carbocycles. The fourth-order valence-electron chi connectivity index (χ4n) is 8.48. The summed E-state index contributed by atoms with van der Waals surface area (Å²) >= 11 is 0. The number of H-pyrrole nitrogens is 2. The minimum absolute atomic E-state index is 0.129. The van der Waals surface area contributed by atoms with Crippen molar-refractivity contribution in [2.45, 2.75) is 51.6 Å². The number of nitriles is 1. The lowest BCUT2D eigenvalue weighted by Gasteiger charge is -2.26. The molecular formula is C50H48N14O3. The van der Waals surface area contributed by atoms with E-state index in [1.807, 2.05) is 67.3 Å². The van der Waals surface area contributed by atoms with Crippen molar-refractivity contribution in [2.75, 3.05) is 36.8 Å². The van der Waals surface area contributed by atoms with Gasteiger partial charge in [0.15, 0.2) is 11.4 Å². The van der Waals surface area contributed by atoms with E-state index >= 15 is 0 Å². The van der Waals surface area contributed by atoms with Gasteiger partial charge in [0, 0.05) is 59.8 Å². The number of likely N-dealkylation sites (tertiary alicyclic amines) is 2. The summed E-state index contributed by atoms with van der Waals surface area (Å²) in [6.07, 6.45) is 18.0. The zero-order valence-electron chi connectivity index (χ0n) is 36.7. The topological polar surface area (TPSA) is 240 Å². The Balaban J connectivity index is 0.000000168. The summed E-state index contributed by atoms with van der Waals surface area (Å²) in [4.78, 5) is 58.8. The van der Waals surface area contributed by atoms with Gasteiger partial charge in [-0.25, -0.2) is 9.97 Å². The first-order valence-corrected chi connectivity index (χ1v) is 22.3. The number of pyridine rings is 4. The lowest BCUT2D eigenvalue weighted by Crippen LogP contribution is -2.29. The summed E-state index contributed by atoms with van der Waals surface area (Å²) in [5, 5.41) is 30.1. The molecule has 0 unspecified atom stereocenters. The van der Waals surface area contributed by atoms with Crippen LogP contribution in [-0.4, -0.2) is 94.0 Å². The van der Waals surface area contributed by atoms with Crippen LogP contribution in [0, 0.1) is 11.3 Å². The number of primary amides is 1. The molecule has 10 rings (SSSR count). The van der Waals surface area contributed by atoms with E-state index in [0.717, 1.165) is 77.9 Å². The SMILES string of the molecule is N#Cc1ccc(NC(=O)c2n[nH]c3ccc(-c4cncc(CN5CCCCC5)c4)cc23)cn1.NC(=O)c1ccc(NC(=O)c2n[nH]c3ccc(-c4cncc(CN5CCCCC5)c4)cc23)cn1. The van der Waals surface area contributed by atoms with Crippen molar-refractivity contribution in [3.63, 3.8) is 0 Å². The van der Waals surface area contributed by atoms with E-state index in [4.69, 9.17) is 11.0 Å². The summed E-state index contributed by atoms with van der Waals surface area (Å²) < 4.78 is 0. The third-order valence-corrected chi connectivity index (χ3v) is 11.9. The standard InChI is InChI=1S/C25H25N7O2.C25H23N7O/c26-24(33)22-7-5-19(14-28-22)29-25(34)23-20-11-17(4-6-21(20)30-31-23)18-10-16(12-27-13-18)15-32-8-2-1-3-9-32;26-12-20-5-6-21(15-28-20)29-25(33)24-22-11-18(4-7-23(22)30-31-24)19-10-17(13-27-14-19)16-32-8-2-1-3-9-32/h4-7,10-14H,1-3,8-9,15H2,(H2,26,33)(H,29,34)(H,30,31);4-7,10-11,13-15H,1-3,8-9,16H2,(H,29,33)(H,30,31). The van der Waals surface area contributed by atoms with Gasteiger partial charge in [-0.3, -0.25) is 44.3 Å². The summed E-state index contributed by atoms with van der Waals surface area (Å²) in [6, 6.07) is 24.3. The fourth-order valence-corrected chi connectivity index (χ4v) is 8.48. The first-order chi connectivity index (χ1) is 32.8. The zero-order chi connectivity index (χ0) is 46.1. The number of hydrogen-bond acceptors (Lipinski definition) is 12. The third kappa shape index (κ3) is 10.7. The van der Waals surface area contributed by atoms with Crippen LogP contribution in [0.3, 0.4) is 0 Å². The molecule has 2 fully saturated rings. The maximum Gasteiger partial charge on any atom is 0.276 e. The molecule has 8 heterocycles. The molecule has 3 amide bonds.